The van der Waals surface area contributed by atoms with Gasteiger partial charge >= 0.3 is 0 Å². The number of nitrogens with one attached hydrogen (secondary N) is 1. The molecule has 2 aliphatic rings. The van der Waals surface area contributed by atoms with Gasteiger partial charge < -0.3 is 24.8 Å². The van der Waals surface area contributed by atoms with Crippen LogP contribution in [0.2, 0.25) is 0 Å². The Labute approximate surface area is 212 Å². The van der Waals surface area contributed by atoms with Crippen molar-refractivity contribution in [3.63, 3.8) is 0 Å². The number of carbonyl (C=O) groups is 1. The molecule has 10 heteroatoms. The normalized spacial score (nSPS) is 18.0. The second-order valence-corrected chi connectivity index (χ2v) is 9.76. The van der Waals surface area contributed by atoms with Crippen molar-refractivity contribution in [1.82, 2.24) is 34.9 Å². The van der Waals surface area contributed by atoms with Crippen molar-refractivity contribution < 1.29 is 9.53 Å². The number of amides is 1. The van der Waals surface area contributed by atoms with E-state index in [0.717, 1.165) is 88.8 Å². The van der Waals surface area contributed by atoms with E-state index in [-0.39, 0.29) is 11.8 Å². The van der Waals surface area contributed by atoms with Crippen LogP contribution in [0.4, 0.5) is 5.82 Å². The van der Waals surface area contributed by atoms with Gasteiger partial charge in [-0.25, -0.2) is 0 Å². The van der Waals surface area contributed by atoms with Crippen molar-refractivity contribution >= 4 is 17.4 Å². The molecule has 2 saturated heterocycles. The largest absolute Gasteiger partial charge is 0.497 e. The van der Waals surface area contributed by atoms with Gasteiger partial charge in [-0.1, -0.05) is 0 Å². The number of carbonyl (C=O) groups excluding carboxylic acids is 1. The van der Waals surface area contributed by atoms with Crippen molar-refractivity contribution in [2.45, 2.75) is 19.3 Å². The maximum atomic E-state index is 12.7. The summed E-state index contributed by atoms with van der Waals surface area (Å²) < 4.78 is 7.04. The van der Waals surface area contributed by atoms with Crippen molar-refractivity contribution in [3.8, 4) is 17.1 Å². The first-order valence-corrected chi connectivity index (χ1v) is 12.9. The molecule has 10 nitrogen and oxygen atoms in total. The molecule has 192 valence electrons. The Bertz CT molecular complexity index is 1150. The van der Waals surface area contributed by atoms with E-state index in [1.54, 1.807) is 11.6 Å². The SMILES string of the molecule is COc1ccc(-c2nnc3ccc(N4CCC(C(=O)NCCCN5CCN(C)CC5)CC4)nn23)cc1. The van der Waals surface area contributed by atoms with E-state index in [1.165, 1.54) is 0 Å². The number of piperidine rings is 1. The minimum atomic E-state index is 0.0680. The molecular weight excluding hydrogens is 456 g/mol. The average Bonchev–Trinajstić information content (AvgIpc) is 3.35. The minimum absolute atomic E-state index is 0.0680. The summed E-state index contributed by atoms with van der Waals surface area (Å²) in [5, 5.41) is 16.6. The van der Waals surface area contributed by atoms with Crippen LogP contribution in [0.3, 0.4) is 0 Å². The fourth-order valence-electron chi connectivity index (χ4n) is 4.97. The zero-order valence-corrected chi connectivity index (χ0v) is 21.3. The average molecular weight is 493 g/mol. The molecule has 1 amide bonds. The van der Waals surface area contributed by atoms with Gasteiger partial charge in [-0.2, -0.15) is 4.52 Å². The van der Waals surface area contributed by atoms with E-state index in [9.17, 15) is 4.79 Å². The highest BCUT2D eigenvalue weighted by atomic mass is 16.5. The number of ether oxygens (including phenoxy) is 1. The Morgan fingerprint density at radius 2 is 1.75 bits per heavy atom. The van der Waals surface area contributed by atoms with Gasteiger partial charge in [0.2, 0.25) is 5.91 Å². The lowest BCUT2D eigenvalue weighted by atomic mass is 9.96. The number of piperazine rings is 1. The van der Waals surface area contributed by atoms with Gasteiger partial charge in [-0.3, -0.25) is 4.79 Å². The van der Waals surface area contributed by atoms with Gasteiger partial charge in [0.05, 0.1) is 7.11 Å². The van der Waals surface area contributed by atoms with Crippen LogP contribution in [-0.2, 0) is 4.79 Å². The minimum Gasteiger partial charge on any atom is -0.497 e. The third-order valence-corrected chi connectivity index (χ3v) is 7.33. The molecule has 0 spiro atoms. The van der Waals surface area contributed by atoms with Crippen molar-refractivity contribution in [2.75, 3.05) is 71.4 Å². The third kappa shape index (κ3) is 5.60. The molecule has 0 aliphatic carbocycles. The molecule has 2 aliphatic heterocycles. The molecule has 0 bridgehead atoms. The molecule has 0 unspecified atom stereocenters. The first-order chi connectivity index (χ1) is 17.6. The zero-order chi connectivity index (χ0) is 24.9. The highest BCUT2D eigenvalue weighted by Gasteiger charge is 2.26. The second-order valence-electron chi connectivity index (χ2n) is 9.76. The number of nitrogens with zero attached hydrogens (tertiary/aromatic N) is 7. The number of aromatic nitrogens is 4. The monoisotopic (exact) mass is 492 g/mol. The predicted octanol–water partition coefficient (Wildman–Crippen LogP) is 1.77. The van der Waals surface area contributed by atoms with Crippen LogP contribution in [0.5, 0.6) is 5.75 Å². The molecule has 4 heterocycles. The number of fused-ring (bicyclic) bond motifs is 1. The van der Waals surface area contributed by atoms with Gasteiger partial charge in [0.25, 0.3) is 0 Å². The van der Waals surface area contributed by atoms with Crippen molar-refractivity contribution in [3.05, 3.63) is 36.4 Å². The van der Waals surface area contributed by atoms with Gasteiger partial charge in [0, 0.05) is 57.3 Å². The first kappa shape index (κ1) is 24.5. The molecule has 2 aromatic heterocycles. The third-order valence-electron chi connectivity index (χ3n) is 7.33. The molecule has 0 radical (unpaired) electrons. The number of hydrogen-bond donors (Lipinski definition) is 1. The topological polar surface area (TPSA) is 91.1 Å². The molecule has 1 N–H and O–H groups in total. The molecule has 0 atom stereocenters. The fourth-order valence-corrected chi connectivity index (χ4v) is 4.97. The summed E-state index contributed by atoms with van der Waals surface area (Å²) in [5.74, 6) is 2.63. The summed E-state index contributed by atoms with van der Waals surface area (Å²) in [6, 6.07) is 11.7. The fraction of sp³-hybridized carbons (Fsp3) is 0.538. The van der Waals surface area contributed by atoms with Gasteiger partial charge in [-0.05, 0) is 69.3 Å². The number of benzene rings is 1. The van der Waals surface area contributed by atoms with E-state index in [2.05, 4.69) is 37.3 Å². The Kier molecular flexibility index (Phi) is 7.62. The van der Waals surface area contributed by atoms with Crippen LogP contribution < -0.4 is 15.0 Å². The molecule has 36 heavy (non-hydrogen) atoms. The summed E-state index contributed by atoms with van der Waals surface area (Å²) in [7, 11) is 3.82. The Morgan fingerprint density at radius 1 is 1.00 bits per heavy atom. The Morgan fingerprint density at radius 3 is 2.47 bits per heavy atom. The maximum absolute atomic E-state index is 12.7. The van der Waals surface area contributed by atoms with Crippen LogP contribution in [-0.4, -0.2) is 102 Å². The lowest BCUT2D eigenvalue weighted by molar-refractivity contribution is -0.125. The van der Waals surface area contributed by atoms with Crippen LogP contribution >= 0.6 is 0 Å². The van der Waals surface area contributed by atoms with E-state index in [0.29, 0.717) is 11.5 Å². The number of rotatable bonds is 8. The highest BCUT2D eigenvalue weighted by molar-refractivity contribution is 5.79. The van der Waals surface area contributed by atoms with E-state index in [4.69, 9.17) is 9.84 Å². The zero-order valence-electron chi connectivity index (χ0n) is 21.3. The lowest BCUT2D eigenvalue weighted by Crippen LogP contribution is -2.45. The molecule has 1 aromatic carbocycles. The predicted molar refractivity (Wildman–Crippen MR) is 139 cm³/mol. The summed E-state index contributed by atoms with van der Waals surface area (Å²) in [5.41, 5.74) is 1.63. The number of hydrogen-bond acceptors (Lipinski definition) is 8. The second kappa shape index (κ2) is 11.2. The molecule has 5 rings (SSSR count). The van der Waals surface area contributed by atoms with Crippen LogP contribution in [0.25, 0.3) is 17.0 Å². The number of likely N-dealkylation sites (N-methyl/N-ethyl adjacent to an activating group) is 1. The summed E-state index contributed by atoms with van der Waals surface area (Å²) in [6.45, 7) is 7.93. The van der Waals surface area contributed by atoms with Crippen LogP contribution in [0.1, 0.15) is 19.3 Å². The summed E-state index contributed by atoms with van der Waals surface area (Å²) >= 11 is 0. The highest BCUT2D eigenvalue weighted by Crippen LogP contribution is 2.25. The smallest absolute Gasteiger partial charge is 0.223 e. The first-order valence-electron chi connectivity index (χ1n) is 12.9. The summed E-state index contributed by atoms with van der Waals surface area (Å²) in [4.78, 5) is 19.8. The van der Waals surface area contributed by atoms with Gasteiger partial charge in [0.15, 0.2) is 11.5 Å². The number of anilines is 1. The van der Waals surface area contributed by atoms with Crippen LogP contribution in [0.15, 0.2) is 36.4 Å². The van der Waals surface area contributed by atoms with Crippen molar-refractivity contribution in [2.24, 2.45) is 5.92 Å². The number of methoxy groups -OCH3 is 1. The molecule has 0 saturated carbocycles. The van der Waals surface area contributed by atoms with Gasteiger partial charge in [0.1, 0.15) is 11.6 Å². The van der Waals surface area contributed by atoms with E-state index in [1.807, 2.05) is 36.4 Å². The standard InChI is InChI=1S/C26H36N8O2/c1-31-16-18-32(19-17-31)13-3-12-27-26(35)21-10-14-33(15-11-21)24-9-8-23-28-29-25(34(23)30-24)20-4-6-22(36-2)7-5-20/h4-9,21H,3,10-19H2,1-2H3,(H,27,35). The Balaban J connectivity index is 1.13. The quantitative estimate of drug-likeness (QED) is 0.476. The van der Waals surface area contributed by atoms with Gasteiger partial charge in [-0.15, -0.1) is 15.3 Å². The lowest BCUT2D eigenvalue weighted by Gasteiger charge is -2.33. The molecule has 3 aromatic rings. The Hall–Kier alpha value is -3.24. The van der Waals surface area contributed by atoms with E-state index >= 15 is 0 Å². The van der Waals surface area contributed by atoms with E-state index < -0.39 is 0 Å². The van der Waals surface area contributed by atoms with Crippen molar-refractivity contribution in [1.29, 1.82) is 0 Å². The molecular formula is C26H36N8O2. The maximum Gasteiger partial charge on any atom is 0.223 e. The van der Waals surface area contributed by atoms with Crippen LogP contribution in [0, 0.1) is 5.92 Å². The molecule has 2 fully saturated rings. The summed E-state index contributed by atoms with van der Waals surface area (Å²) in [6.07, 6.45) is 2.67.